The second-order valence-electron chi connectivity index (χ2n) is 11.4. The summed E-state index contributed by atoms with van der Waals surface area (Å²) < 4.78 is 5.77. The number of fused-ring (bicyclic) bond motifs is 1. The number of carbonyl (C=O) groups excluding carboxylic acids is 1. The van der Waals surface area contributed by atoms with Crippen LogP contribution in [0.15, 0.2) is 87.6 Å². The van der Waals surface area contributed by atoms with E-state index in [0.29, 0.717) is 5.56 Å². The average Bonchev–Trinajstić information content (AvgIpc) is 3.00. The van der Waals surface area contributed by atoms with Crippen LogP contribution >= 0.6 is 0 Å². The highest BCUT2D eigenvalue weighted by Gasteiger charge is 2.43. The average molecular weight is 625 g/mol. The van der Waals surface area contributed by atoms with Gasteiger partial charge >= 0.3 is 0 Å². The fourth-order valence-electron chi connectivity index (χ4n) is 6.28. The quantitative estimate of drug-likeness (QED) is 0.0663. The van der Waals surface area contributed by atoms with Crippen LogP contribution in [0.25, 0.3) is 22.3 Å². The van der Waals surface area contributed by atoms with Gasteiger partial charge in [-0.25, -0.2) is 0 Å². The Morgan fingerprint density at radius 2 is 1.43 bits per heavy atom. The molecule has 0 saturated heterocycles. The van der Waals surface area contributed by atoms with Crippen LogP contribution in [0.1, 0.15) is 46.7 Å². The molecule has 0 saturated carbocycles. The van der Waals surface area contributed by atoms with Crippen molar-refractivity contribution in [1.82, 2.24) is 0 Å². The normalized spacial score (nSPS) is 17.9. The summed E-state index contributed by atoms with van der Waals surface area (Å²) in [5.41, 5.74) is -0.230. The van der Waals surface area contributed by atoms with Gasteiger partial charge < -0.3 is 45.3 Å². The smallest absolute Gasteiger partial charge is 0.235 e. The summed E-state index contributed by atoms with van der Waals surface area (Å²) in [6.45, 7) is 1.78. The first-order valence-electron chi connectivity index (χ1n) is 14.1. The van der Waals surface area contributed by atoms with Crippen LogP contribution in [-0.4, -0.2) is 46.6 Å². The van der Waals surface area contributed by atoms with Crippen LogP contribution in [0.5, 0.6) is 46.0 Å². The molecule has 8 N–H and O–H groups in total. The molecule has 1 aliphatic rings. The van der Waals surface area contributed by atoms with E-state index in [1.165, 1.54) is 60.7 Å². The van der Waals surface area contributed by atoms with Crippen LogP contribution in [-0.2, 0) is 0 Å². The highest BCUT2D eigenvalue weighted by atomic mass is 16.4. The first-order chi connectivity index (χ1) is 21.8. The van der Waals surface area contributed by atoms with Crippen LogP contribution in [0.2, 0.25) is 0 Å². The SMILES string of the molecule is CC1=CC(c2c(O)ccc(-c3oc4cc(O)ccc4c(=O)c3O)c2O)C(C(=O)c2ccc(O)cc2O)C(c2ccc(O)c(O)c2)C1. The Morgan fingerprint density at radius 3 is 2.15 bits per heavy atom. The van der Waals surface area contributed by atoms with E-state index < -0.39 is 63.5 Å². The molecule has 3 atom stereocenters. The number of carbonyl (C=O) groups is 1. The predicted molar refractivity (Wildman–Crippen MR) is 166 cm³/mol. The summed E-state index contributed by atoms with van der Waals surface area (Å²) in [7, 11) is 0. The minimum absolute atomic E-state index is 0.0252. The highest BCUT2D eigenvalue weighted by Crippen LogP contribution is 2.53. The van der Waals surface area contributed by atoms with Gasteiger partial charge in [-0.2, -0.15) is 0 Å². The lowest BCUT2D eigenvalue weighted by Crippen LogP contribution is -2.31. The van der Waals surface area contributed by atoms with Crippen LogP contribution in [0.4, 0.5) is 0 Å². The van der Waals surface area contributed by atoms with Gasteiger partial charge in [0.15, 0.2) is 23.0 Å². The molecule has 1 heterocycles. The summed E-state index contributed by atoms with van der Waals surface area (Å²) in [6.07, 6.45) is 1.95. The Morgan fingerprint density at radius 1 is 0.739 bits per heavy atom. The third kappa shape index (κ3) is 4.97. The molecule has 234 valence electrons. The van der Waals surface area contributed by atoms with E-state index in [1.54, 1.807) is 13.0 Å². The third-order valence-corrected chi connectivity index (χ3v) is 8.43. The first kappa shape index (κ1) is 29.9. The maximum atomic E-state index is 14.3. The molecule has 0 spiro atoms. The predicted octanol–water partition coefficient (Wildman–Crippen LogP) is 5.82. The number of phenolic OH excluding ortho intramolecular Hbond substituents is 7. The van der Waals surface area contributed by atoms with Crippen LogP contribution in [0.3, 0.4) is 0 Å². The lowest BCUT2D eigenvalue weighted by Gasteiger charge is -2.37. The van der Waals surface area contributed by atoms with Crippen molar-refractivity contribution in [2.45, 2.75) is 25.2 Å². The van der Waals surface area contributed by atoms with Crippen molar-refractivity contribution >= 4 is 16.8 Å². The van der Waals surface area contributed by atoms with Crippen molar-refractivity contribution < 1.29 is 50.1 Å². The number of phenols is 7. The maximum absolute atomic E-state index is 14.3. The van der Waals surface area contributed by atoms with Crippen molar-refractivity contribution in [3.05, 3.63) is 105 Å². The van der Waals surface area contributed by atoms with Gasteiger partial charge in [0, 0.05) is 29.5 Å². The zero-order chi connectivity index (χ0) is 33.0. The zero-order valence-electron chi connectivity index (χ0n) is 24.2. The summed E-state index contributed by atoms with van der Waals surface area (Å²) >= 11 is 0. The largest absolute Gasteiger partial charge is 0.508 e. The molecule has 0 radical (unpaired) electrons. The molecule has 46 heavy (non-hydrogen) atoms. The topological polar surface area (TPSA) is 209 Å². The number of benzene rings is 4. The molecule has 5 aromatic rings. The molecule has 1 aromatic heterocycles. The Bertz CT molecular complexity index is 2140. The molecular formula is C35H28O11. The molecule has 6 rings (SSSR count). The van der Waals surface area contributed by atoms with E-state index >= 15 is 0 Å². The molecule has 0 bridgehead atoms. The van der Waals surface area contributed by atoms with Crippen molar-refractivity contribution in [3.8, 4) is 57.3 Å². The van der Waals surface area contributed by atoms with E-state index in [9.17, 15) is 50.4 Å². The molecule has 1 aliphatic carbocycles. The second kappa shape index (κ2) is 11.1. The zero-order valence-corrected chi connectivity index (χ0v) is 24.2. The van der Waals surface area contributed by atoms with Gasteiger partial charge in [0.2, 0.25) is 11.2 Å². The van der Waals surface area contributed by atoms with Crippen LogP contribution < -0.4 is 5.43 Å². The van der Waals surface area contributed by atoms with E-state index in [2.05, 4.69) is 0 Å². The van der Waals surface area contributed by atoms with Gasteiger partial charge in [-0.1, -0.05) is 17.7 Å². The fourth-order valence-corrected chi connectivity index (χ4v) is 6.28. The Hall–Kier alpha value is -6.10. The fraction of sp³-hybridized carbons (Fsp3) is 0.143. The Labute approximate surface area is 260 Å². The molecule has 11 nitrogen and oxygen atoms in total. The maximum Gasteiger partial charge on any atom is 0.235 e. The lowest BCUT2D eigenvalue weighted by molar-refractivity contribution is 0.0877. The summed E-state index contributed by atoms with van der Waals surface area (Å²) in [6, 6.07) is 13.7. The van der Waals surface area contributed by atoms with Crippen molar-refractivity contribution in [2.24, 2.45) is 5.92 Å². The number of Topliss-reactive ketones (excluding diaryl/α,β-unsaturated/α-hetero) is 1. The number of hydrogen-bond donors (Lipinski definition) is 8. The summed E-state index contributed by atoms with van der Waals surface area (Å²) in [5.74, 6) is -7.72. The molecule has 0 fully saturated rings. The van der Waals surface area contributed by atoms with Gasteiger partial charge in [0.05, 0.1) is 16.5 Å². The second-order valence-corrected chi connectivity index (χ2v) is 11.4. The standard InChI is InChI=1S/C35H28O11/c1-15-10-22(16-2-8-24(38)27(41)12-16)29(31(42)19-5-3-17(36)13-26(19)40)23(11-15)30-25(39)9-7-21(32(30)43)35-34(45)33(44)20-6-4-18(37)14-28(20)46-35/h2-9,11-14,22-23,29,36-41,43,45H,10H2,1H3. The number of allylic oxidation sites excluding steroid dienone is 2. The van der Waals surface area contributed by atoms with E-state index in [1.807, 2.05) is 0 Å². The van der Waals surface area contributed by atoms with Crippen molar-refractivity contribution in [3.63, 3.8) is 0 Å². The Balaban J connectivity index is 1.59. The van der Waals surface area contributed by atoms with E-state index in [-0.39, 0.29) is 51.3 Å². The Kier molecular flexibility index (Phi) is 7.24. The molecule has 11 heteroatoms. The minimum Gasteiger partial charge on any atom is -0.508 e. The number of aromatic hydroxyl groups is 8. The molecule has 3 unspecified atom stereocenters. The van der Waals surface area contributed by atoms with Crippen molar-refractivity contribution in [2.75, 3.05) is 0 Å². The first-order valence-corrected chi connectivity index (χ1v) is 14.1. The van der Waals surface area contributed by atoms with Gasteiger partial charge in [0.25, 0.3) is 0 Å². The number of ketones is 1. The number of rotatable bonds is 5. The van der Waals surface area contributed by atoms with Gasteiger partial charge in [-0.05, 0) is 73.4 Å². The third-order valence-electron chi connectivity index (χ3n) is 8.43. The number of hydrogen-bond acceptors (Lipinski definition) is 11. The summed E-state index contributed by atoms with van der Waals surface area (Å²) in [4.78, 5) is 27.3. The molecule has 4 aromatic carbocycles. The molecular weight excluding hydrogens is 596 g/mol. The van der Waals surface area contributed by atoms with Gasteiger partial charge in [-0.15, -0.1) is 0 Å². The monoisotopic (exact) mass is 624 g/mol. The lowest BCUT2D eigenvalue weighted by atomic mass is 9.65. The summed E-state index contributed by atoms with van der Waals surface area (Å²) in [5, 5.41) is 84.4. The van der Waals surface area contributed by atoms with Gasteiger partial charge in [-0.3, -0.25) is 9.59 Å². The highest BCUT2D eigenvalue weighted by molar-refractivity contribution is 6.02. The van der Waals surface area contributed by atoms with E-state index in [4.69, 9.17) is 4.42 Å². The van der Waals surface area contributed by atoms with Gasteiger partial charge in [0.1, 0.15) is 34.3 Å². The van der Waals surface area contributed by atoms with Crippen molar-refractivity contribution in [1.29, 1.82) is 0 Å². The molecule has 0 amide bonds. The molecule has 0 aliphatic heterocycles. The minimum atomic E-state index is -1.15. The van der Waals surface area contributed by atoms with E-state index in [0.717, 1.165) is 11.6 Å². The van der Waals surface area contributed by atoms with Crippen LogP contribution in [0, 0.1) is 5.92 Å².